The lowest BCUT2D eigenvalue weighted by Gasteiger charge is -2.15. The number of carbonyl (C=O) groups is 2. The highest BCUT2D eigenvalue weighted by atomic mass is 16.3. The number of furan rings is 1. The van der Waals surface area contributed by atoms with Crippen LogP contribution in [0, 0.1) is 6.92 Å². The Hall–Kier alpha value is -2.51. The van der Waals surface area contributed by atoms with Gasteiger partial charge in [-0.3, -0.25) is 14.6 Å². The highest BCUT2D eigenvalue weighted by molar-refractivity contribution is 5.92. The molecule has 0 bridgehead atoms. The standard InChI is InChI=1S/C19H31N5O3/c1-3-20-19(23-11-6-13-24-12-4-7-16(24)25)22-10-5-9-21-18(26)17-15(2)8-14-27-17/h8,14H,3-7,9-13H2,1-2H3,(H,21,26)(H2,20,22,23). The van der Waals surface area contributed by atoms with E-state index in [2.05, 4.69) is 20.9 Å². The van der Waals surface area contributed by atoms with Crippen LogP contribution in [0.1, 0.15) is 48.7 Å². The predicted octanol–water partition coefficient (Wildman–Crippen LogP) is 1.28. The van der Waals surface area contributed by atoms with Crippen molar-refractivity contribution in [1.82, 2.24) is 20.9 Å². The molecule has 2 amide bonds. The van der Waals surface area contributed by atoms with Gasteiger partial charge in [-0.05, 0) is 39.2 Å². The molecular formula is C19H31N5O3. The zero-order valence-electron chi connectivity index (χ0n) is 16.3. The van der Waals surface area contributed by atoms with Gasteiger partial charge >= 0.3 is 0 Å². The van der Waals surface area contributed by atoms with Crippen LogP contribution < -0.4 is 16.0 Å². The molecule has 1 aromatic rings. The zero-order chi connectivity index (χ0) is 19.5. The topological polar surface area (TPSA) is 99.0 Å². The van der Waals surface area contributed by atoms with E-state index in [9.17, 15) is 9.59 Å². The van der Waals surface area contributed by atoms with Crippen molar-refractivity contribution in [2.75, 3.05) is 39.3 Å². The largest absolute Gasteiger partial charge is 0.459 e. The number of aryl methyl sites for hydroxylation is 1. The van der Waals surface area contributed by atoms with Crippen molar-refractivity contribution in [3.05, 3.63) is 23.7 Å². The number of amides is 2. The smallest absolute Gasteiger partial charge is 0.287 e. The fourth-order valence-electron chi connectivity index (χ4n) is 2.92. The molecule has 0 radical (unpaired) electrons. The third kappa shape index (κ3) is 6.96. The molecule has 1 saturated heterocycles. The number of hydrogen-bond acceptors (Lipinski definition) is 4. The van der Waals surface area contributed by atoms with E-state index in [1.165, 1.54) is 6.26 Å². The average molecular weight is 377 g/mol. The SMILES string of the molecule is CCNC(=NCCCN1CCCC1=O)NCCCNC(=O)c1occc1C. The van der Waals surface area contributed by atoms with Crippen molar-refractivity contribution in [2.24, 2.45) is 4.99 Å². The van der Waals surface area contributed by atoms with Crippen LogP contribution >= 0.6 is 0 Å². The molecule has 2 rings (SSSR count). The monoisotopic (exact) mass is 377 g/mol. The lowest BCUT2D eigenvalue weighted by Crippen LogP contribution is -2.39. The quantitative estimate of drug-likeness (QED) is 0.324. The molecule has 0 unspecified atom stereocenters. The number of nitrogens with one attached hydrogen (secondary N) is 3. The van der Waals surface area contributed by atoms with Crippen LogP contribution in [-0.2, 0) is 4.79 Å². The molecule has 8 heteroatoms. The van der Waals surface area contributed by atoms with Crippen LogP contribution in [0.5, 0.6) is 0 Å². The molecule has 1 aliphatic rings. The van der Waals surface area contributed by atoms with Gasteiger partial charge < -0.3 is 25.3 Å². The summed E-state index contributed by atoms with van der Waals surface area (Å²) in [6, 6.07) is 1.77. The van der Waals surface area contributed by atoms with Gasteiger partial charge in [0, 0.05) is 51.3 Å². The summed E-state index contributed by atoms with van der Waals surface area (Å²) in [5, 5.41) is 9.32. The molecule has 0 saturated carbocycles. The molecule has 0 aromatic carbocycles. The fraction of sp³-hybridized carbons (Fsp3) is 0.632. The first-order valence-electron chi connectivity index (χ1n) is 9.74. The maximum Gasteiger partial charge on any atom is 0.287 e. The van der Waals surface area contributed by atoms with Crippen LogP contribution in [0.15, 0.2) is 21.7 Å². The van der Waals surface area contributed by atoms with Gasteiger partial charge in [0.25, 0.3) is 5.91 Å². The van der Waals surface area contributed by atoms with Gasteiger partial charge in [-0.25, -0.2) is 0 Å². The normalized spacial score (nSPS) is 14.5. The second-order valence-corrected chi connectivity index (χ2v) is 6.57. The van der Waals surface area contributed by atoms with E-state index in [1.807, 2.05) is 18.7 Å². The van der Waals surface area contributed by atoms with Gasteiger partial charge in [-0.2, -0.15) is 0 Å². The van der Waals surface area contributed by atoms with Crippen LogP contribution in [0.4, 0.5) is 0 Å². The Labute approximate surface area is 160 Å². The summed E-state index contributed by atoms with van der Waals surface area (Å²) in [5.41, 5.74) is 0.836. The Balaban J connectivity index is 1.61. The van der Waals surface area contributed by atoms with Gasteiger partial charge in [0.2, 0.25) is 5.91 Å². The van der Waals surface area contributed by atoms with E-state index in [-0.39, 0.29) is 11.8 Å². The molecule has 2 heterocycles. The molecule has 0 atom stereocenters. The fourth-order valence-corrected chi connectivity index (χ4v) is 2.92. The second-order valence-electron chi connectivity index (χ2n) is 6.57. The van der Waals surface area contributed by atoms with E-state index >= 15 is 0 Å². The van der Waals surface area contributed by atoms with Crippen molar-refractivity contribution >= 4 is 17.8 Å². The van der Waals surface area contributed by atoms with Gasteiger partial charge in [-0.15, -0.1) is 0 Å². The molecule has 1 fully saturated rings. The van der Waals surface area contributed by atoms with Crippen molar-refractivity contribution in [2.45, 2.75) is 39.5 Å². The second kappa shape index (κ2) is 11.3. The van der Waals surface area contributed by atoms with Gasteiger partial charge in [-0.1, -0.05) is 0 Å². The lowest BCUT2D eigenvalue weighted by molar-refractivity contribution is -0.127. The minimum atomic E-state index is -0.186. The van der Waals surface area contributed by atoms with Gasteiger partial charge in [0.15, 0.2) is 11.7 Å². The number of likely N-dealkylation sites (tertiary alicyclic amines) is 1. The van der Waals surface area contributed by atoms with Crippen molar-refractivity contribution in [3.8, 4) is 0 Å². The molecule has 0 aliphatic carbocycles. The summed E-state index contributed by atoms with van der Waals surface area (Å²) in [6.07, 6.45) is 4.81. The molecule has 8 nitrogen and oxygen atoms in total. The highest BCUT2D eigenvalue weighted by Gasteiger charge is 2.18. The predicted molar refractivity (Wildman–Crippen MR) is 105 cm³/mol. The maximum absolute atomic E-state index is 11.9. The Morgan fingerprint density at radius 3 is 2.74 bits per heavy atom. The van der Waals surface area contributed by atoms with Crippen molar-refractivity contribution in [1.29, 1.82) is 0 Å². The van der Waals surface area contributed by atoms with Crippen LogP contribution in [-0.4, -0.2) is 61.9 Å². The highest BCUT2D eigenvalue weighted by Crippen LogP contribution is 2.09. The first-order valence-corrected chi connectivity index (χ1v) is 9.74. The average Bonchev–Trinajstić information content (AvgIpc) is 3.26. The number of rotatable bonds is 10. The lowest BCUT2D eigenvalue weighted by atomic mass is 10.2. The van der Waals surface area contributed by atoms with Crippen LogP contribution in [0.2, 0.25) is 0 Å². The van der Waals surface area contributed by atoms with E-state index in [0.29, 0.717) is 31.8 Å². The minimum absolute atomic E-state index is 0.186. The molecule has 27 heavy (non-hydrogen) atoms. The van der Waals surface area contributed by atoms with Gasteiger partial charge in [0.05, 0.1) is 6.26 Å². The molecule has 1 aromatic heterocycles. The number of aliphatic imine (C=N–C) groups is 1. The molecule has 1 aliphatic heterocycles. The van der Waals surface area contributed by atoms with E-state index in [0.717, 1.165) is 50.4 Å². The number of carbonyl (C=O) groups excluding carboxylic acids is 2. The summed E-state index contributed by atoms with van der Waals surface area (Å²) >= 11 is 0. The summed E-state index contributed by atoms with van der Waals surface area (Å²) in [4.78, 5) is 30.0. The number of hydrogen-bond donors (Lipinski definition) is 3. The maximum atomic E-state index is 11.9. The van der Waals surface area contributed by atoms with E-state index in [4.69, 9.17) is 4.42 Å². The Morgan fingerprint density at radius 2 is 2.07 bits per heavy atom. The van der Waals surface area contributed by atoms with E-state index in [1.54, 1.807) is 6.07 Å². The Morgan fingerprint density at radius 1 is 1.26 bits per heavy atom. The first kappa shape index (κ1) is 20.8. The number of nitrogens with zero attached hydrogens (tertiary/aromatic N) is 2. The van der Waals surface area contributed by atoms with Crippen LogP contribution in [0.25, 0.3) is 0 Å². The third-order valence-corrected chi connectivity index (χ3v) is 4.37. The summed E-state index contributed by atoms with van der Waals surface area (Å²) in [7, 11) is 0. The van der Waals surface area contributed by atoms with Gasteiger partial charge in [0.1, 0.15) is 0 Å². The molecule has 3 N–H and O–H groups in total. The molecule has 0 spiro atoms. The van der Waals surface area contributed by atoms with Crippen molar-refractivity contribution < 1.29 is 14.0 Å². The Bertz CT molecular complexity index is 641. The summed E-state index contributed by atoms with van der Waals surface area (Å²) in [6.45, 7) is 8.24. The molecule has 150 valence electrons. The molecular weight excluding hydrogens is 346 g/mol. The van der Waals surface area contributed by atoms with Crippen molar-refractivity contribution in [3.63, 3.8) is 0 Å². The summed E-state index contributed by atoms with van der Waals surface area (Å²) < 4.78 is 5.17. The minimum Gasteiger partial charge on any atom is -0.459 e. The third-order valence-electron chi connectivity index (χ3n) is 4.37. The Kier molecular flexibility index (Phi) is 8.67. The van der Waals surface area contributed by atoms with Crippen LogP contribution in [0.3, 0.4) is 0 Å². The zero-order valence-corrected chi connectivity index (χ0v) is 16.3. The number of guanidine groups is 1. The summed E-state index contributed by atoms with van der Waals surface area (Å²) in [5.74, 6) is 1.21. The van der Waals surface area contributed by atoms with E-state index < -0.39 is 0 Å². The first-order chi connectivity index (χ1) is 13.1.